The van der Waals surface area contributed by atoms with Crippen molar-refractivity contribution in [1.29, 1.82) is 0 Å². The van der Waals surface area contributed by atoms with Crippen molar-refractivity contribution >= 4 is 29.4 Å². The topological polar surface area (TPSA) is 99.8 Å². The average Bonchev–Trinajstić information content (AvgIpc) is 2.91. The molecule has 1 aliphatic rings. The monoisotopic (exact) mass is 348 g/mol. The molecule has 1 aromatic carbocycles. The molecule has 1 unspecified atom stereocenters. The van der Waals surface area contributed by atoms with E-state index in [9.17, 15) is 14.4 Å². The zero-order valence-electron chi connectivity index (χ0n) is 14.9. The summed E-state index contributed by atoms with van der Waals surface area (Å²) in [6.45, 7) is 7.98. The lowest BCUT2D eigenvalue weighted by atomic mass is 10.1. The fourth-order valence-electron chi connectivity index (χ4n) is 2.30. The quantitative estimate of drug-likeness (QED) is 0.773. The summed E-state index contributed by atoms with van der Waals surface area (Å²) in [6.07, 6.45) is -0.387. The molecule has 0 spiro atoms. The molecule has 0 aromatic heterocycles. The maximum atomic E-state index is 12.1. The van der Waals surface area contributed by atoms with Crippen LogP contribution in [-0.2, 0) is 9.53 Å². The lowest BCUT2D eigenvalue weighted by molar-refractivity contribution is -0.120. The van der Waals surface area contributed by atoms with Gasteiger partial charge in [0.05, 0.1) is 6.54 Å². The summed E-state index contributed by atoms with van der Waals surface area (Å²) in [4.78, 5) is 37.0. The molecule has 1 saturated heterocycles. The third-order valence-electron chi connectivity index (χ3n) is 3.42. The zero-order chi connectivity index (χ0) is 18.6. The Morgan fingerprint density at radius 1 is 1.28 bits per heavy atom. The van der Waals surface area contributed by atoms with E-state index in [1.54, 1.807) is 31.2 Å². The van der Waals surface area contributed by atoms with Gasteiger partial charge in [-0.3, -0.25) is 15.0 Å². The summed E-state index contributed by atoms with van der Waals surface area (Å²) in [5.41, 5.74) is 0.918. The van der Waals surface area contributed by atoms with Crippen LogP contribution in [0.4, 0.5) is 21.0 Å². The molecule has 0 aliphatic carbocycles. The molecular weight excluding hydrogens is 324 g/mol. The van der Waals surface area contributed by atoms with E-state index in [-0.39, 0.29) is 6.09 Å². The van der Waals surface area contributed by atoms with E-state index in [1.807, 2.05) is 20.8 Å². The van der Waals surface area contributed by atoms with Gasteiger partial charge in [-0.25, -0.2) is 9.59 Å². The van der Waals surface area contributed by atoms with Crippen molar-refractivity contribution in [1.82, 2.24) is 10.6 Å². The Morgan fingerprint density at radius 3 is 2.60 bits per heavy atom. The first-order valence-corrected chi connectivity index (χ1v) is 8.09. The van der Waals surface area contributed by atoms with Crippen molar-refractivity contribution in [3.05, 3.63) is 24.3 Å². The maximum Gasteiger partial charge on any atom is 0.414 e. The lowest BCUT2D eigenvalue weighted by Crippen LogP contribution is -2.51. The van der Waals surface area contributed by atoms with Crippen LogP contribution in [0, 0.1) is 0 Å². The van der Waals surface area contributed by atoms with Gasteiger partial charge in [0.1, 0.15) is 12.6 Å². The summed E-state index contributed by atoms with van der Waals surface area (Å²) in [7, 11) is 0. The number of rotatable bonds is 4. The van der Waals surface area contributed by atoms with E-state index >= 15 is 0 Å². The molecule has 2 rings (SSSR count). The molecule has 1 aliphatic heterocycles. The van der Waals surface area contributed by atoms with E-state index in [0.29, 0.717) is 24.5 Å². The van der Waals surface area contributed by atoms with Gasteiger partial charge in [0.2, 0.25) is 5.91 Å². The third kappa shape index (κ3) is 5.37. The Kier molecular flexibility index (Phi) is 5.51. The minimum Gasteiger partial charge on any atom is -0.447 e. The fraction of sp³-hybridized carbons (Fsp3) is 0.471. The molecular formula is C17H24N4O4. The number of nitrogens with zero attached hydrogens (tertiary/aromatic N) is 1. The van der Waals surface area contributed by atoms with Crippen LogP contribution in [0.3, 0.4) is 0 Å². The van der Waals surface area contributed by atoms with Crippen LogP contribution in [0.15, 0.2) is 24.3 Å². The Hall–Kier alpha value is -2.77. The number of cyclic esters (lactones) is 1. The van der Waals surface area contributed by atoms with Gasteiger partial charge in [0.25, 0.3) is 0 Å². The second kappa shape index (κ2) is 7.42. The molecule has 1 heterocycles. The number of hydrogen-bond donors (Lipinski definition) is 3. The number of urea groups is 1. The number of carbonyl (C=O) groups excluding carboxylic acids is 3. The normalized spacial score (nSPS) is 15.4. The molecule has 0 radical (unpaired) electrons. The van der Waals surface area contributed by atoms with Crippen molar-refractivity contribution in [2.24, 2.45) is 0 Å². The highest BCUT2D eigenvalue weighted by Crippen LogP contribution is 2.22. The second-order valence-electron chi connectivity index (χ2n) is 6.88. The minimum absolute atomic E-state index is 0.359. The van der Waals surface area contributed by atoms with Crippen molar-refractivity contribution in [2.75, 3.05) is 23.4 Å². The van der Waals surface area contributed by atoms with Crippen molar-refractivity contribution in [3.63, 3.8) is 0 Å². The molecule has 0 bridgehead atoms. The highest BCUT2D eigenvalue weighted by atomic mass is 16.6. The molecule has 4 amide bonds. The Bertz CT molecular complexity index is 669. The number of amides is 4. The van der Waals surface area contributed by atoms with Crippen LogP contribution in [0.5, 0.6) is 0 Å². The average molecular weight is 348 g/mol. The zero-order valence-corrected chi connectivity index (χ0v) is 14.9. The predicted octanol–water partition coefficient (Wildman–Crippen LogP) is 2.07. The number of nitrogens with one attached hydrogen (secondary N) is 3. The Morgan fingerprint density at radius 2 is 2.00 bits per heavy atom. The van der Waals surface area contributed by atoms with Crippen molar-refractivity contribution < 1.29 is 19.1 Å². The number of hydrogen-bond acceptors (Lipinski definition) is 5. The van der Waals surface area contributed by atoms with Crippen molar-refractivity contribution in [2.45, 2.75) is 39.3 Å². The number of imide groups is 1. The number of benzene rings is 1. The van der Waals surface area contributed by atoms with Gasteiger partial charge in [0, 0.05) is 16.9 Å². The first-order valence-electron chi connectivity index (χ1n) is 8.09. The van der Waals surface area contributed by atoms with Gasteiger partial charge >= 0.3 is 12.1 Å². The third-order valence-corrected chi connectivity index (χ3v) is 3.42. The number of anilines is 2. The van der Waals surface area contributed by atoms with Gasteiger partial charge in [-0.05, 0) is 45.9 Å². The highest BCUT2D eigenvalue weighted by Gasteiger charge is 2.24. The van der Waals surface area contributed by atoms with E-state index in [2.05, 4.69) is 16.0 Å². The number of ether oxygens (including phenoxy) is 1. The van der Waals surface area contributed by atoms with Gasteiger partial charge in [-0.2, -0.15) is 0 Å². The van der Waals surface area contributed by atoms with E-state index < -0.39 is 23.5 Å². The molecule has 25 heavy (non-hydrogen) atoms. The molecule has 8 heteroatoms. The number of carbonyl (C=O) groups is 3. The van der Waals surface area contributed by atoms with E-state index in [4.69, 9.17) is 4.74 Å². The van der Waals surface area contributed by atoms with Crippen LogP contribution >= 0.6 is 0 Å². The predicted molar refractivity (Wildman–Crippen MR) is 94.6 cm³/mol. The second-order valence-corrected chi connectivity index (χ2v) is 6.88. The summed E-state index contributed by atoms with van der Waals surface area (Å²) >= 11 is 0. The lowest BCUT2D eigenvalue weighted by Gasteiger charge is -2.22. The molecule has 1 atom stereocenters. The highest BCUT2D eigenvalue weighted by molar-refractivity contribution is 5.98. The molecule has 1 aromatic rings. The van der Waals surface area contributed by atoms with Crippen molar-refractivity contribution in [3.8, 4) is 0 Å². The first kappa shape index (κ1) is 18.6. The Balaban J connectivity index is 1.96. The standard InChI is InChI=1S/C17H24N4O4/c1-11(14(22)19-15(23)20-17(2,3)4)18-12-6-5-7-13(10-12)21-8-9-25-16(21)24/h5-7,10-11,18H,8-9H2,1-4H3,(H2,19,20,22,23). The van der Waals surface area contributed by atoms with Gasteiger partial charge in [0.15, 0.2) is 0 Å². The summed E-state index contributed by atoms with van der Waals surface area (Å²) < 4.78 is 4.92. The van der Waals surface area contributed by atoms with E-state index in [0.717, 1.165) is 0 Å². The molecule has 3 N–H and O–H groups in total. The summed E-state index contributed by atoms with van der Waals surface area (Å²) in [5.74, 6) is -0.451. The van der Waals surface area contributed by atoms with E-state index in [1.165, 1.54) is 4.90 Å². The summed E-state index contributed by atoms with van der Waals surface area (Å²) in [5, 5.41) is 7.98. The Labute approximate surface area is 146 Å². The van der Waals surface area contributed by atoms with Gasteiger partial charge < -0.3 is 15.4 Å². The largest absolute Gasteiger partial charge is 0.447 e. The summed E-state index contributed by atoms with van der Waals surface area (Å²) in [6, 6.07) is 5.93. The molecule has 136 valence electrons. The molecule has 8 nitrogen and oxygen atoms in total. The van der Waals surface area contributed by atoms with Crippen LogP contribution < -0.4 is 20.9 Å². The maximum absolute atomic E-state index is 12.1. The molecule has 1 fully saturated rings. The van der Waals surface area contributed by atoms with Gasteiger partial charge in [-0.15, -0.1) is 0 Å². The van der Waals surface area contributed by atoms with Crippen LogP contribution in [0.2, 0.25) is 0 Å². The van der Waals surface area contributed by atoms with Crippen LogP contribution in [-0.4, -0.2) is 42.8 Å². The minimum atomic E-state index is -0.633. The molecule has 0 saturated carbocycles. The fourth-order valence-corrected chi connectivity index (χ4v) is 2.30. The van der Waals surface area contributed by atoms with Gasteiger partial charge in [-0.1, -0.05) is 6.07 Å². The van der Waals surface area contributed by atoms with Crippen LogP contribution in [0.25, 0.3) is 0 Å². The smallest absolute Gasteiger partial charge is 0.414 e. The van der Waals surface area contributed by atoms with Crippen LogP contribution in [0.1, 0.15) is 27.7 Å². The SMILES string of the molecule is CC(Nc1cccc(N2CCOC2=O)c1)C(=O)NC(=O)NC(C)(C)C. The first-order chi connectivity index (χ1) is 11.7.